The van der Waals surface area contributed by atoms with Crippen molar-refractivity contribution in [2.45, 2.75) is 37.5 Å². The van der Waals surface area contributed by atoms with Crippen LogP contribution < -0.4 is 21.5 Å². The molecular formula is C33H37N3O3. The molecule has 6 nitrogen and oxygen atoms in total. The predicted octanol–water partition coefficient (Wildman–Crippen LogP) is 5.03. The minimum absolute atomic E-state index is 0.117. The van der Waals surface area contributed by atoms with Crippen molar-refractivity contribution in [2.24, 2.45) is 5.73 Å². The summed E-state index contributed by atoms with van der Waals surface area (Å²) in [4.78, 5) is 14.3. The summed E-state index contributed by atoms with van der Waals surface area (Å²) in [6, 6.07) is 32.7. The third-order valence-electron chi connectivity index (χ3n) is 7.16. The van der Waals surface area contributed by atoms with Gasteiger partial charge in [0.2, 0.25) is 0 Å². The molecule has 4 aromatic carbocycles. The second kappa shape index (κ2) is 13.2. The summed E-state index contributed by atoms with van der Waals surface area (Å²) in [5.41, 5.74) is 15.5. The van der Waals surface area contributed by atoms with Gasteiger partial charge in [0, 0.05) is 11.3 Å². The first-order valence-electron chi connectivity index (χ1n) is 13.3. The number of unbranched alkanes of at least 4 members (excludes halogenated alkanes) is 1. The standard InChI is InChI=1S/C33H37N3O3/c1-39-29-19-16-27(17-20-29)33(25-10-4-2-5-11-25,26-12-6-3-7-13-26)36-31(14-8-9-21-34)32(38)30-22-28(35)18-15-24(30)23-37/h2-7,10-13,15-20,22,31,36-37H,8-9,14,21,23,34-35H2,1H3. The summed E-state index contributed by atoms with van der Waals surface area (Å²) in [5.74, 6) is 0.629. The van der Waals surface area contributed by atoms with Crippen LogP contribution in [0.25, 0.3) is 0 Å². The smallest absolute Gasteiger partial charge is 0.180 e. The number of methoxy groups -OCH3 is 1. The van der Waals surface area contributed by atoms with Gasteiger partial charge in [0.25, 0.3) is 0 Å². The molecular weight excluding hydrogens is 486 g/mol. The van der Waals surface area contributed by atoms with Crippen LogP contribution in [0.3, 0.4) is 0 Å². The van der Waals surface area contributed by atoms with Crippen LogP contribution in [0.5, 0.6) is 5.75 Å². The number of nitrogens with two attached hydrogens (primary N) is 2. The van der Waals surface area contributed by atoms with Gasteiger partial charge in [-0.25, -0.2) is 0 Å². The highest BCUT2D eigenvalue weighted by Crippen LogP contribution is 2.39. The number of rotatable bonds is 13. The van der Waals surface area contributed by atoms with Crippen molar-refractivity contribution in [1.29, 1.82) is 0 Å². The predicted molar refractivity (Wildman–Crippen MR) is 157 cm³/mol. The number of nitrogens with one attached hydrogen (secondary N) is 1. The Hall–Kier alpha value is -3.97. The van der Waals surface area contributed by atoms with Crippen molar-refractivity contribution in [2.75, 3.05) is 19.4 Å². The number of ketones is 1. The minimum atomic E-state index is -0.864. The number of hydrogen-bond acceptors (Lipinski definition) is 6. The number of aliphatic hydroxyl groups is 1. The second-order valence-corrected chi connectivity index (χ2v) is 9.63. The molecule has 0 bridgehead atoms. The van der Waals surface area contributed by atoms with Crippen molar-refractivity contribution < 1.29 is 14.6 Å². The first-order valence-corrected chi connectivity index (χ1v) is 13.3. The maximum Gasteiger partial charge on any atom is 0.180 e. The van der Waals surface area contributed by atoms with E-state index in [9.17, 15) is 9.90 Å². The summed E-state index contributed by atoms with van der Waals surface area (Å²) in [5, 5.41) is 13.9. The van der Waals surface area contributed by atoms with E-state index in [1.165, 1.54) is 0 Å². The zero-order valence-corrected chi connectivity index (χ0v) is 22.3. The molecule has 0 amide bonds. The monoisotopic (exact) mass is 523 g/mol. The van der Waals surface area contributed by atoms with Crippen LogP contribution in [-0.4, -0.2) is 30.6 Å². The Bertz CT molecular complexity index is 1300. The SMILES string of the molecule is COc1ccc(C(NC(CCCCN)C(=O)c2cc(N)ccc2CO)(c2ccccc2)c2ccccc2)cc1. The number of nitrogen functional groups attached to an aromatic ring is 1. The second-order valence-electron chi connectivity index (χ2n) is 9.63. The minimum Gasteiger partial charge on any atom is -0.497 e. The number of aliphatic hydroxyl groups excluding tert-OH is 1. The molecule has 0 heterocycles. The molecule has 0 fully saturated rings. The Balaban J connectivity index is 1.93. The van der Waals surface area contributed by atoms with Gasteiger partial charge in [-0.05, 0) is 65.9 Å². The Morgan fingerprint density at radius 3 is 2.00 bits per heavy atom. The fourth-order valence-electron chi connectivity index (χ4n) is 5.14. The van der Waals surface area contributed by atoms with E-state index in [-0.39, 0.29) is 12.4 Å². The molecule has 0 aliphatic rings. The lowest BCUT2D eigenvalue weighted by atomic mass is 9.75. The third kappa shape index (κ3) is 6.20. The van der Waals surface area contributed by atoms with E-state index in [2.05, 4.69) is 29.6 Å². The van der Waals surface area contributed by atoms with E-state index in [0.29, 0.717) is 29.8 Å². The molecule has 6 N–H and O–H groups in total. The van der Waals surface area contributed by atoms with E-state index >= 15 is 0 Å². The third-order valence-corrected chi connectivity index (χ3v) is 7.16. The number of benzene rings is 4. The van der Waals surface area contributed by atoms with Crippen molar-refractivity contribution in [3.63, 3.8) is 0 Å². The lowest BCUT2D eigenvalue weighted by molar-refractivity contribution is 0.0919. The molecule has 39 heavy (non-hydrogen) atoms. The first-order chi connectivity index (χ1) is 19.0. The fraction of sp³-hybridized carbons (Fsp3) is 0.242. The molecule has 1 unspecified atom stereocenters. The summed E-state index contributed by atoms with van der Waals surface area (Å²) in [6.07, 6.45) is 2.12. The number of carbonyl (C=O) groups excluding carboxylic acids is 1. The van der Waals surface area contributed by atoms with Gasteiger partial charge in [-0.1, -0.05) is 85.3 Å². The number of carbonyl (C=O) groups is 1. The van der Waals surface area contributed by atoms with Gasteiger partial charge < -0.3 is 21.3 Å². The largest absolute Gasteiger partial charge is 0.497 e. The number of Topliss-reactive ketones (excluding diaryl/α,β-unsaturated/α-hetero) is 1. The number of anilines is 1. The first kappa shape index (κ1) is 28.0. The van der Waals surface area contributed by atoms with E-state index in [1.54, 1.807) is 25.3 Å². The highest BCUT2D eigenvalue weighted by atomic mass is 16.5. The molecule has 0 aliphatic carbocycles. The fourth-order valence-corrected chi connectivity index (χ4v) is 5.14. The highest BCUT2D eigenvalue weighted by molar-refractivity contribution is 6.02. The Kier molecular flexibility index (Phi) is 9.49. The van der Waals surface area contributed by atoms with Crippen molar-refractivity contribution >= 4 is 11.5 Å². The summed E-state index contributed by atoms with van der Waals surface area (Å²) < 4.78 is 5.45. The quantitative estimate of drug-likeness (QED) is 0.0847. The molecule has 0 spiro atoms. The van der Waals surface area contributed by atoms with Crippen molar-refractivity contribution in [3.8, 4) is 5.75 Å². The van der Waals surface area contributed by atoms with Crippen LogP contribution in [0, 0.1) is 0 Å². The molecule has 0 radical (unpaired) electrons. The van der Waals surface area contributed by atoms with Crippen LogP contribution >= 0.6 is 0 Å². The molecule has 0 aromatic heterocycles. The summed E-state index contributed by atoms with van der Waals surface area (Å²) in [6.45, 7) is 0.292. The summed E-state index contributed by atoms with van der Waals surface area (Å²) >= 11 is 0. The molecule has 1 atom stereocenters. The highest BCUT2D eigenvalue weighted by Gasteiger charge is 2.40. The zero-order chi connectivity index (χ0) is 27.7. The Morgan fingerprint density at radius 1 is 0.872 bits per heavy atom. The van der Waals surface area contributed by atoms with E-state index in [1.807, 2.05) is 60.7 Å². The number of hydrogen-bond donors (Lipinski definition) is 4. The molecule has 4 rings (SSSR count). The molecule has 0 aliphatic heterocycles. The zero-order valence-electron chi connectivity index (χ0n) is 22.3. The molecule has 202 valence electrons. The lowest BCUT2D eigenvalue weighted by Crippen LogP contribution is -2.52. The van der Waals surface area contributed by atoms with Gasteiger partial charge in [-0.15, -0.1) is 0 Å². The normalized spacial score (nSPS) is 12.2. The maximum atomic E-state index is 14.3. The van der Waals surface area contributed by atoms with Crippen LogP contribution in [0.15, 0.2) is 103 Å². The van der Waals surface area contributed by atoms with Crippen LogP contribution in [-0.2, 0) is 12.1 Å². The van der Waals surface area contributed by atoms with Gasteiger partial charge in [-0.3, -0.25) is 10.1 Å². The average molecular weight is 524 g/mol. The topological polar surface area (TPSA) is 111 Å². The maximum absolute atomic E-state index is 14.3. The van der Waals surface area contributed by atoms with Gasteiger partial charge in [0.1, 0.15) is 5.75 Å². The Morgan fingerprint density at radius 2 is 1.46 bits per heavy atom. The molecule has 0 saturated carbocycles. The summed E-state index contributed by atoms with van der Waals surface area (Å²) in [7, 11) is 1.64. The molecule has 0 saturated heterocycles. The lowest BCUT2D eigenvalue weighted by Gasteiger charge is -2.40. The van der Waals surface area contributed by atoms with E-state index < -0.39 is 11.6 Å². The average Bonchev–Trinajstić information content (AvgIpc) is 2.99. The van der Waals surface area contributed by atoms with Crippen LogP contribution in [0.4, 0.5) is 5.69 Å². The van der Waals surface area contributed by atoms with Gasteiger partial charge in [-0.2, -0.15) is 0 Å². The van der Waals surface area contributed by atoms with Gasteiger partial charge in [0.05, 0.1) is 25.3 Å². The van der Waals surface area contributed by atoms with Crippen molar-refractivity contribution in [3.05, 3.63) is 131 Å². The molecule has 4 aromatic rings. The van der Waals surface area contributed by atoms with Crippen LogP contribution in [0.1, 0.15) is 51.9 Å². The van der Waals surface area contributed by atoms with Gasteiger partial charge >= 0.3 is 0 Å². The van der Waals surface area contributed by atoms with Gasteiger partial charge in [0.15, 0.2) is 5.78 Å². The number of ether oxygens (including phenoxy) is 1. The molecule has 6 heteroatoms. The van der Waals surface area contributed by atoms with Crippen molar-refractivity contribution in [1.82, 2.24) is 5.32 Å². The van der Waals surface area contributed by atoms with E-state index in [0.717, 1.165) is 35.3 Å². The van der Waals surface area contributed by atoms with Crippen LogP contribution in [0.2, 0.25) is 0 Å². The Labute approximate surface area is 230 Å². The van der Waals surface area contributed by atoms with E-state index in [4.69, 9.17) is 16.2 Å².